The van der Waals surface area contributed by atoms with E-state index in [2.05, 4.69) is 14.8 Å². The van der Waals surface area contributed by atoms with E-state index < -0.39 is 0 Å². The first-order chi connectivity index (χ1) is 7.10. The van der Waals surface area contributed by atoms with Crippen LogP contribution in [0, 0.1) is 0 Å². The van der Waals surface area contributed by atoms with Crippen LogP contribution in [0.25, 0.3) is 5.53 Å². The molecule has 0 atom stereocenters. The molecule has 0 spiro atoms. The standard InChI is InChI=1S/C8H11N5O2/c1-4-15-8-10-5(6(11-8)12-9)7(14)13(2)3/h4H2,1-3H3. The molecule has 80 valence electrons. The van der Waals surface area contributed by atoms with Gasteiger partial charge in [-0.25, -0.2) is 0 Å². The molecule has 7 nitrogen and oxygen atoms in total. The number of hydrogen-bond acceptors (Lipinski definition) is 3. The van der Waals surface area contributed by atoms with Gasteiger partial charge in [-0.15, -0.1) is 0 Å². The van der Waals surface area contributed by atoms with E-state index in [4.69, 9.17) is 10.3 Å². The molecule has 0 saturated heterocycles. The van der Waals surface area contributed by atoms with Gasteiger partial charge in [-0.1, -0.05) is 0 Å². The molecule has 1 heterocycles. The van der Waals surface area contributed by atoms with Crippen molar-refractivity contribution in [3.05, 3.63) is 5.53 Å². The summed E-state index contributed by atoms with van der Waals surface area (Å²) >= 11 is 0. The summed E-state index contributed by atoms with van der Waals surface area (Å²) < 4.78 is 4.99. The summed E-state index contributed by atoms with van der Waals surface area (Å²) in [4.78, 5) is 23.3. The third-order valence-electron chi connectivity index (χ3n) is 1.60. The molecule has 0 aromatic heterocycles. The topological polar surface area (TPSA) is 90.7 Å². The SMILES string of the molecule is CCOC1=NC(=[N+]=[N-])C(C(=O)N(C)C)=N1. The van der Waals surface area contributed by atoms with E-state index in [0.717, 1.165) is 0 Å². The first kappa shape index (κ1) is 11.1. The van der Waals surface area contributed by atoms with Gasteiger partial charge in [0.2, 0.25) is 5.71 Å². The smallest absolute Gasteiger partial charge is 0.438 e. The van der Waals surface area contributed by atoms with Crippen LogP contribution in [0.3, 0.4) is 0 Å². The lowest BCUT2D eigenvalue weighted by molar-refractivity contribution is -0.121. The molecule has 0 unspecified atom stereocenters. The molecule has 1 rings (SSSR count). The third kappa shape index (κ3) is 2.26. The van der Waals surface area contributed by atoms with Crippen LogP contribution in [0.1, 0.15) is 6.92 Å². The van der Waals surface area contributed by atoms with Gasteiger partial charge in [0.05, 0.1) is 6.61 Å². The maximum Gasteiger partial charge on any atom is 0.438 e. The Morgan fingerprint density at radius 3 is 2.67 bits per heavy atom. The molecular formula is C8H11N5O2. The van der Waals surface area contributed by atoms with Gasteiger partial charge < -0.3 is 20.0 Å². The van der Waals surface area contributed by atoms with Gasteiger partial charge in [0.15, 0.2) is 0 Å². The second kappa shape index (κ2) is 4.47. The highest BCUT2D eigenvalue weighted by atomic mass is 16.5. The molecule has 0 fully saturated rings. The first-order valence-electron chi connectivity index (χ1n) is 4.34. The van der Waals surface area contributed by atoms with Crippen molar-refractivity contribution in [3.8, 4) is 0 Å². The van der Waals surface area contributed by atoms with Gasteiger partial charge in [-0.05, 0) is 6.92 Å². The van der Waals surface area contributed by atoms with Crippen molar-refractivity contribution in [2.75, 3.05) is 20.7 Å². The highest BCUT2D eigenvalue weighted by Gasteiger charge is 2.35. The number of carbonyl (C=O) groups is 1. The zero-order valence-corrected chi connectivity index (χ0v) is 8.76. The molecule has 1 aliphatic heterocycles. The molecule has 15 heavy (non-hydrogen) atoms. The number of amides is 1. The summed E-state index contributed by atoms with van der Waals surface area (Å²) in [6.45, 7) is 2.14. The van der Waals surface area contributed by atoms with E-state index in [1.54, 1.807) is 21.0 Å². The Morgan fingerprint density at radius 1 is 1.53 bits per heavy atom. The normalized spacial score (nSPS) is 14.2. The molecule has 0 radical (unpaired) electrons. The summed E-state index contributed by atoms with van der Waals surface area (Å²) in [7, 11) is 3.14. The Balaban J connectivity index is 2.97. The van der Waals surface area contributed by atoms with Gasteiger partial charge in [0.1, 0.15) is 0 Å². The van der Waals surface area contributed by atoms with Gasteiger partial charge in [0, 0.05) is 19.1 Å². The van der Waals surface area contributed by atoms with E-state index in [0.29, 0.717) is 6.61 Å². The molecule has 0 aromatic rings. The van der Waals surface area contributed by atoms with Crippen LogP contribution in [-0.2, 0) is 9.53 Å². The molecule has 7 heteroatoms. The van der Waals surface area contributed by atoms with Crippen LogP contribution in [-0.4, -0.2) is 53.9 Å². The molecule has 0 saturated carbocycles. The van der Waals surface area contributed by atoms with Crippen LogP contribution in [0.2, 0.25) is 0 Å². The van der Waals surface area contributed by atoms with Crippen molar-refractivity contribution in [1.29, 1.82) is 0 Å². The minimum absolute atomic E-state index is 0.0223. The van der Waals surface area contributed by atoms with E-state index >= 15 is 0 Å². The largest absolute Gasteiger partial charge is 0.497 e. The van der Waals surface area contributed by atoms with Crippen LogP contribution in [0.4, 0.5) is 0 Å². The van der Waals surface area contributed by atoms with Crippen LogP contribution >= 0.6 is 0 Å². The summed E-state index contributed by atoms with van der Waals surface area (Å²) in [5.74, 6) is -0.515. The predicted octanol–water partition coefficient (Wildman–Crippen LogP) is -0.450. The lowest BCUT2D eigenvalue weighted by Gasteiger charge is -2.06. The highest BCUT2D eigenvalue weighted by molar-refractivity contribution is 6.68. The fourth-order valence-electron chi connectivity index (χ4n) is 0.933. The zero-order chi connectivity index (χ0) is 11.4. The molecular weight excluding hydrogens is 198 g/mol. The number of carbonyl (C=O) groups excluding carboxylic acids is 1. The Morgan fingerprint density at radius 2 is 2.20 bits per heavy atom. The van der Waals surface area contributed by atoms with Crippen LogP contribution < -0.4 is 0 Å². The van der Waals surface area contributed by atoms with Gasteiger partial charge >= 0.3 is 11.9 Å². The lowest BCUT2D eigenvalue weighted by atomic mass is 10.3. The number of aliphatic imine (C=N–C) groups is 2. The molecule has 1 aliphatic rings. The summed E-state index contributed by atoms with van der Waals surface area (Å²) in [6, 6.07) is 0.0375. The maximum atomic E-state index is 11.5. The highest BCUT2D eigenvalue weighted by Crippen LogP contribution is 2.02. The van der Waals surface area contributed by atoms with Crippen LogP contribution in [0.5, 0.6) is 0 Å². The first-order valence-corrected chi connectivity index (χ1v) is 4.34. The van der Waals surface area contributed by atoms with Gasteiger partial charge in [-0.3, -0.25) is 4.79 Å². The summed E-state index contributed by atoms with van der Waals surface area (Å²) in [5, 5.41) is 0. The van der Waals surface area contributed by atoms with Crippen molar-refractivity contribution in [1.82, 2.24) is 4.90 Å². The Kier molecular flexibility index (Phi) is 3.30. The molecule has 0 N–H and O–H groups in total. The average molecular weight is 209 g/mol. The van der Waals surface area contributed by atoms with E-state index in [-0.39, 0.29) is 23.5 Å². The number of amidine groups is 2. The number of nitrogens with zero attached hydrogens (tertiary/aromatic N) is 5. The van der Waals surface area contributed by atoms with Crippen molar-refractivity contribution in [2.24, 2.45) is 9.98 Å². The van der Waals surface area contributed by atoms with Crippen molar-refractivity contribution < 1.29 is 14.3 Å². The fourth-order valence-corrected chi connectivity index (χ4v) is 0.933. The molecule has 1 amide bonds. The predicted molar refractivity (Wildman–Crippen MR) is 53.8 cm³/mol. The van der Waals surface area contributed by atoms with Crippen molar-refractivity contribution in [2.45, 2.75) is 6.92 Å². The van der Waals surface area contributed by atoms with Crippen LogP contribution in [0.15, 0.2) is 9.98 Å². The summed E-state index contributed by atoms with van der Waals surface area (Å²) in [5.41, 5.74) is 8.60. The quantitative estimate of drug-likeness (QED) is 0.455. The number of hydrogen-bond donors (Lipinski definition) is 0. The fraction of sp³-hybridized carbons (Fsp3) is 0.500. The Bertz CT molecular complexity index is 390. The Labute approximate surface area is 86.7 Å². The molecule has 0 aliphatic carbocycles. The van der Waals surface area contributed by atoms with E-state index in [1.807, 2.05) is 0 Å². The number of ether oxygens (including phenoxy) is 1. The van der Waals surface area contributed by atoms with E-state index in [9.17, 15) is 4.79 Å². The molecule has 0 aromatic carbocycles. The third-order valence-corrected chi connectivity index (χ3v) is 1.60. The maximum absolute atomic E-state index is 11.5. The summed E-state index contributed by atoms with van der Waals surface area (Å²) in [6.07, 6.45) is 0. The molecule has 0 bridgehead atoms. The second-order valence-electron chi connectivity index (χ2n) is 2.91. The second-order valence-corrected chi connectivity index (χ2v) is 2.91. The van der Waals surface area contributed by atoms with Crippen molar-refractivity contribution >= 4 is 23.5 Å². The zero-order valence-electron chi connectivity index (χ0n) is 8.76. The number of rotatable bonds is 2. The average Bonchev–Trinajstić information content (AvgIpc) is 2.60. The van der Waals surface area contributed by atoms with Gasteiger partial charge in [0.25, 0.3) is 5.91 Å². The van der Waals surface area contributed by atoms with E-state index in [1.165, 1.54) is 4.90 Å². The minimum atomic E-state index is -0.388. The monoisotopic (exact) mass is 209 g/mol. The lowest BCUT2D eigenvalue weighted by Crippen LogP contribution is -2.33. The minimum Gasteiger partial charge on any atom is -0.497 e. The van der Waals surface area contributed by atoms with Crippen molar-refractivity contribution in [3.63, 3.8) is 0 Å². The van der Waals surface area contributed by atoms with Gasteiger partial charge in [-0.2, -0.15) is 4.99 Å². The Hall–Kier alpha value is -2.01.